The lowest BCUT2D eigenvalue weighted by atomic mass is 10.1. The Morgan fingerprint density at radius 1 is 1.47 bits per heavy atom. The van der Waals surface area contributed by atoms with Crippen molar-refractivity contribution < 1.29 is 13.2 Å². The molecule has 0 saturated carbocycles. The first kappa shape index (κ1) is 13.9. The topological polar surface area (TPSA) is 90.3 Å². The second-order valence-corrected chi connectivity index (χ2v) is 6.05. The van der Waals surface area contributed by atoms with Crippen molar-refractivity contribution in [2.45, 2.75) is 32.2 Å². The van der Waals surface area contributed by atoms with Crippen LogP contribution in [0.15, 0.2) is 0 Å². The van der Waals surface area contributed by atoms with E-state index >= 15 is 0 Å². The number of amides is 1. The van der Waals surface area contributed by atoms with Gasteiger partial charge in [0.2, 0.25) is 15.9 Å². The Labute approximate surface area is 102 Å². The van der Waals surface area contributed by atoms with Crippen LogP contribution in [0, 0.1) is 11.3 Å². The molecule has 0 aromatic heterocycles. The third-order valence-corrected chi connectivity index (χ3v) is 4.26. The van der Waals surface area contributed by atoms with Crippen LogP contribution in [0.3, 0.4) is 0 Å². The standard InChI is InChI=1S/C10H17N3O3S/c1-2-17(15,16)12-9-4-7-13(8-5-9)10(14)3-6-11/h9,12H,2-5,7-8H2,1H3. The maximum Gasteiger partial charge on any atom is 0.236 e. The summed E-state index contributed by atoms with van der Waals surface area (Å²) in [6.07, 6.45) is 1.11. The molecule has 1 N–H and O–H groups in total. The zero-order chi connectivity index (χ0) is 12.9. The Morgan fingerprint density at radius 2 is 2.06 bits per heavy atom. The third kappa shape index (κ3) is 4.32. The SMILES string of the molecule is CCS(=O)(=O)NC1CCN(C(=O)CC#N)CC1. The van der Waals surface area contributed by atoms with Crippen LogP contribution in [-0.2, 0) is 14.8 Å². The number of likely N-dealkylation sites (tertiary alicyclic amines) is 1. The van der Waals surface area contributed by atoms with Crippen molar-refractivity contribution in [2.75, 3.05) is 18.8 Å². The summed E-state index contributed by atoms with van der Waals surface area (Å²) in [6, 6.07) is 1.73. The van der Waals surface area contributed by atoms with E-state index in [1.165, 1.54) is 0 Å². The number of nitrogens with zero attached hydrogens (tertiary/aromatic N) is 2. The van der Waals surface area contributed by atoms with Gasteiger partial charge >= 0.3 is 0 Å². The second-order valence-electron chi connectivity index (χ2n) is 4.01. The quantitative estimate of drug-likeness (QED) is 0.759. The summed E-state index contributed by atoms with van der Waals surface area (Å²) in [5, 5.41) is 8.41. The van der Waals surface area contributed by atoms with Crippen LogP contribution in [0.2, 0.25) is 0 Å². The number of carbonyl (C=O) groups excluding carboxylic acids is 1. The van der Waals surface area contributed by atoms with Gasteiger partial charge in [0.25, 0.3) is 0 Å². The van der Waals surface area contributed by atoms with Gasteiger partial charge in [-0.2, -0.15) is 5.26 Å². The smallest absolute Gasteiger partial charge is 0.236 e. The molecule has 0 aromatic rings. The van der Waals surface area contributed by atoms with E-state index in [0.29, 0.717) is 25.9 Å². The minimum Gasteiger partial charge on any atom is -0.342 e. The van der Waals surface area contributed by atoms with Crippen molar-refractivity contribution in [3.05, 3.63) is 0 Å². The van der Waals surface area contributed by atoms with Crippen molar-refractivity contribution in [2.24, 2.45) is 0 Å². The summed E-state index contributed by atoms with van der Waals surface area (Å²) in [4.78, 5) is 13.0. The monoisotopic (exact) mass is 259 g/mol. The summed E-state index contributed by atoms with van der Waals surface area (Å²) < 4.78 is 25.3. The summed E-state index contributed by atoms with van der Waals surface area (Å²) in [5.74, 6) is -0.107. The largest absolute Gasteiger partial charge is 0.342 e. The van der Waals surface area contributed by atoms with E-state index in [2.05, 4.69) is 4.72 Å². The Bertz CT molecular complexity index is 405. The van der Waals surface area contributed by atoms with E-state index in [1.54, 1.807) is 11.8 Å². The average Bonchev–Trinajstić information content (AvgIpc) is 2.30. The molecule has 1 heterocycles. The molecule has 1 aliphatic heterocycles. The highest BCUT2D eigenvalue weighted by molar-refractivity contribution is 7.89. The minimum atomic E-state index is -3.17. The maximum atomic E-state index is 11.4. The van der Waals surface area contributed by atoms with Gasteiger partial charge in [0, 0.05) is 19.1 Å². The van der Waals surface area contributed by atoms with Gasteiger partial charge < -0.3 is 4.90 Å². The fourth-order valence-corrected chi connectivity index (χ4v) is 2.67. The van der Waals surface area contributed by atoms with Crippen LogP contribution in [0.5, 0.6) is 0 Å². The lowest BCUT2D eigenvalue weighted by Crippen LogP contribution is -2.46. The number of nitriles is 1. The molecule has 0 bridgehead atoms. The molecule has 0 aliphatic carbocycles. The van der Waals surface area contributed by atoms with Crippen molar-refractivity contribution in [1.82, 2.24) is 9.62 Å². The van der Waals surface area contributed by atoms with Crippen LogP contribution >= 0.6 is 0 Å². The minimum absolute atomic E-state index is 0.0700. The van der Waals surface area contributed by atoms with Gasteiger partial charge in [-0.15, -0.1) is 0 Å². The molecule has 1 fully saturated rings. The maximum absolute atomic E-state index is 11.4. The second kappa shape index (κ2) is 5.98. The molecular weight excluding hydrogens is 242 g/mol. The van der Waals surface area contributed by atoms with Gasteiger partial charge in [-0.25, -0.2) is 13.1 Å². The van der Waals surface area contributed by atoms with Crippen molar-refractivity contribution in [3.63, 3.8) is 0 Å². The summed E-state index contributed by atoms with van der Waals surface area (Å²) in [6.45, 7) is 2.61. The molecule has 1 aliphatic rings. The highest BCUT2D eigenvalue weighted by Gasteiger charge is 2.24. The van der Waals surface area contributed by atoms with Crippen molar-refractivity contribution in [1.29, 1.82) is 5.26 Å². The van der Waals surface area contributed by atoms with Crippen molar-refractivity contribution >= 4 is 15.9 Å². The Morgan fingerprint density at radius 3 is 2.53 bits per heavy atom. The van der Waals surface area contributed by atoms with E-state index in [4.69, 9.17) is 5.26 Å². The van der Waals surface area contributed by atoms with Gasteiger partial charge in [0.15, 0.2) is 0 Å². The molecule has 0 spiro atoms. The van der Waals surface area contributed by atoms with Gasteiger partial charge in [-0.05, 0) is 19.8 Å². The number of nitrogens with one attached hydrogen (secondary N) is 1. The Hall–Kier alpha value is -1.13. The molecule has 0 unspecified atom stereocenters. The Balaban J connectivity index is 2.42. The number of piperidine rings is 1. The lowest BCUT2D eigenvalue weighted by molar-refractivity contribution is -0.131. The number of hydrogen-bond donors (Lipinski definition) is 1. The van der Waals surface area contributed by atoms with E-state index in [0.717, 1.165) is 0 Å². The molecular formula is C10H17N3O3S. The number of rotatable bonds is 4. The van der Waals surface area contributed by atoms with Crippen LogP contribution in [0.4, 0.5) is 0 Å². The number of carbonyl (C=O) groups is 1. The van der Waals surface area contributed by atoms with E-state index in [9.17, 15) is 13.2 Å². The molecule has 0 atom stereocenters. The molecule has 17 heavy (non-hydrogen) atoms. The third-order valence-electron chi connectivity index (χ3n) is 2.80. The number of sulfonamides is 1. The van der Waals surface area contributed by atoms with E-state index < -0.39 is 10.0 Å². The number of hydrogen-bond acceptors (Lipinski definition) is 4. The van der Waals surface area contributed by atoms with Gasteiger partial charge in [0.05, 0.1) is 11.8 Å². The summed E-state index contributed by atoms with van der Waals surface area (Å²) in [5.41, 5.74) is 0. The average molecular weight is 259 g/mol. The van der Waals surface area contributed by atoms with E-state index in [-0.39, 0.29) is 24.1 Å². The lowest BCUT2D eigenvalue weighted by Gasteiger charge is -2.31. The van der Waals surface area contributed by atoms with Crippen LogP contribution in [0.1, 0.15) is 26.2 Å². The summed E-state index contributed by atoms with van der Waals surface area (Å²) in [7, 11) is -3.17. The zero-order valence-electron chi connectivity index (χ0n) is 9.85. The molecule has 0 radical (unpaired) electrons. The van der Waals surface area contributed by atoms with Crippen LogP contribution < -0.4 is 4.72 Å². The first-order valence-corrected chi connectivity index (χ1v) is 7.28. The molecule has 96 valence electrons. The van der Waals surface area contributed by atoms with Crippen molar-refractivity contribution in [3.8, 4) is 6.07 Å². The molecule has 1 saturated heterocycles. The molecule has 1 rings (SSSR count). The van der Waals surface area contributed by atoms with Gasteiger partial charge in [0.1, 0.15) is 6.42 Å². The highest BCUT2D eigenvalue weighted by Crippen LogP contribution is 2.12. The Kier molecular flexibility index (Phi) is 4.90. The molecule has 6 nitrogen and oxygen atoms in total. The summed E-state index contributed by atoms with van der Waals surface area (Å²) >= 11 is 0. The van der Waals surface area contributed by atoms with Crippen LogP contribution in [0.25, 0.3) is 0 Å². The predicted molar refractivity (Wildman–Crippen MR) is 62.4 cm³/mol. The molecule has 0 aromatic carbocycles. The fourth-order valence-electron chi connectivity index (χ4n) is 1.76. The first-order chi connectivity index (χ1) is 7.98. The zero-order valence-corrected chi connectivity index (χ0v) is 10.7. The van der Waals surface area contributed by atoms with Gasteiger partial charge in [-0.1, -0.05) is 0 Å². The van der Waals surface area contributed by atoms with E-state index in [1.807, 2.05) is 6.07 Å². The fraction of sp³-hybridized carbons (Fsp3) is 0.800. The molecule has 7 heteroatoms. The highest BCUT2D eigenvalue weighted by atomic mass is 32.2. The normalized spacial score (nSPS) is 17.8. The molecule has 1 amide bonds. The van der Waals surface area contributed by atoms with Gasteiger partial charge in [-0.3, -0.25) is 4.79 Å². The predicted octanol–water partition coefficient (Wildman–Crippen LogP) is -0.170. The first-order valence-electron chi connectivity index (χ1n) is 5.63. The van der Waals surface area contributed by atoms with Crippen LogP contribution in [-0.4, -0.2) is 44.1 Å².